The van der Waals surface area contributed by atoms with Crippen molar-refractivity contribution in [3.05, 3.63) is 28.8 Å². The fourth-order valence-electron chi connectivity index (χ4n) is 1.42. The molecular weight excluding hydrogens is 343 g/mol. The smallest absolute Gasteiger partial charge is 0.418 e. The van der Waals surface area contributed by atoms with E-state index in [0.717, 1.165) is 23.9 Å². The maximum Gasteiger partial charge on any atom is 0.418 e. The largest absolute Gasteiger partial charge is 0.468 e. The molecule has 1 unspecified atom stereocenters. The van der Waals surface area contributed by atoms with Gasteiger partial charge in [0.15, 0.2) is 0 Å². The second kappa shape index (κ2) is 7.73. The Morgan fingerprint density at radius 3 is 2.59 bits per heavy atom. The van der Waals surface area contributed by atoms with E-state index < -0.39 is 28.9 Å². The van der Waals surface area contributed by atoms with Crippen LogP contribution in [0.1, 0.15) is 12.5 Å². The van der Waals surface area contributed by atoms with Gasteiger partial charge >= 0.3 is 12.1 Å². The first-order valence-corrected chi connectivity index (χ1v) is 7.44. The van der Waals surface area contributed by atoms with Gasteiger partial charge in [-0.2, -0.15) is 13.2 Å². The van der Waals surface area contributed by atoms with Gasteiger partial charge in [-0.3, -0.25) is 9.59 Å². The normalized spacial score (nSPS) is 12.6. The fourth-order valence-corrected chi connectivity index (χ4v) is 2.31. The minimum atomic E-state index is -4.64. The van der Waals surface area contributed by atoms with Crippen LogP contribution in [0.15, 0.2) is 18.2 Å². The van der Waals surface area contributed by atoms with Crippen LogP contribution in [0.5, 0.6) is 0 Å². The van der Waals surface area contributed by atoms with Gasteiger partial charge < -0.3 is 10.1 Å². The van der Waals surface area contributed by atoms with Crippen molar-refractivity contribution >= 4 is 40.9 Å². The molecule has 1 amide bonds. The van der Waals surface area contributed by atoms with Crippen LogP contribution in [0.4, 0.5) is 18.9 Å². The van der Waals surface area contributed by atoms with Crippen molar-refractivity contribution in [1.82, 2.24) is 0 Å². The summed E-state index contributed by atoms with van der Waals surface area (Å²) in [5.74, 6) is -1.24. The molecule has 0 aliphatic heterocycles. The lowest BCUT2D eigenvalue weighted by molar-refractivity contribution is -0.138. The molecule has 1 rings (SSSR count). The number of amides is 1. The average molecular weight is 356 g/mol. The van der Waals surface area contributed by atoms with Gasteiger partial charge in [0.25, 0.3) is 0 Å². The van der Waals surface area contributed by atoms with Gasteiger partial charge in [-0.05, 0) is 25.1 Å². The molecule has 0 saturated heterocycles. The Balaban J connectivity index is 2.82. The average Bonchev–Trinajstić information content (AvgIpc) is 2.44. The lowest BCUT2D eigenvalue weighted by atomic mass is 10.1. The van der Waals surface area contributed by atoms with Crippen LogP contribution in [0.2, 0.25) is 5.02 Å². The molecule has 0 bridgehead atoms. The molecule has 0 radical (unpaired) electrons. The molecule has 0 aromatic heterocycles. The standard InChI is InChI=1S/C13H13ClF3NO3S/c1-7(22-6-11(19)21-2)12(20)18-10-4-3-8(14)5-9(10)13(15,16)17/h3-5,7H,6H2,1-2H3,(H,18,20). The van der Waals surface area contributed by atoms with Crippen molar-refractivity contribution < 1.29 is 27.5 Å². The summed E-state index contributed by atoms with van der Waals surface area (Å²) in [6, 6.07) is 3.07. The number of rotatable bonds is 5. The van der Waals surface area contributed by atoms with Crippen LogP contribution in [0.3, 0.4) is 0 Å². The predicted molar refractivity (Wildman–Crippen MR) is 79.0 cm³/mol. The van der Waals surface area contributed by atoms with Crippen molar-refractivity contribution in [3.63, 3.8) is 0 Å². The second-order valence-electron chi connectivity index (χ2n) is 4.21. The first-order chi connectivity index (χ1) is 10.1. The van der Waals surface area contributed by atoms with Gasteiger partial charge in [0.05, 0.1) is 29.4 Å². The highest BCUT2D eigenvalue weighted by Gasteiger charge is 2.34. The zero-order valence-electron chi connectivity index (χ0n) is 11.7. The molecule has 1 aromatic rings. The first kappa shape index (κ1) is 18.6. The number of methoxy groups -OCH3 is 1. The van der Waals surface area contributed by atoms with E-state index in [0.29, 0.717) is 0 Å². The summed E-state index contributed by atoms with van der Waals surface area (Å²) in [6.07, 6.45) is -4.64. The molecule has 1 atom stereocenters. The highest BCUT2D eigenvalue weighted by molar-refractivity contribution is 8.01. The number of thioether (sulfide) groups is 1. The number of carbonyl (C=O) groups is 2. The molecule has 9 heteroatoms. The third kappa shape index (κ3) is 5.42. The zero-order valence-corrected chi connectivity index (χ0v) is 13.2. The lowest BCUT2D eigenvalue weighted by Crippen LogP contribution is -2.25. The summed E-state index contributed by atoms with van der Waals surface area (Å²) in [5.41, 5.74) is -1.41. The Hall–Kier alpha value is -1.41. The third-order valence-corrected chi connectivity index (χ3v) is 3.94. The van der Waals surface area contributed by atoms with Gasteiger partial charge in [0.1, 0.15) is 0 Å². The van der Waals surface area contributed by atoms with Gasteiger partial charge in [-0.15, -0.1) is 11.8 Å². The summed E-state index contributed by atoms with van der Waals surface area (Å²) in [4.78, 5) is 22.9. The van der Waals surface area contributed by atoms with E-state index in [2.05, 4.69) is 10.1 Å². The van der Waals surface area contributed by atoms with E-state index in [-0.39, 0.29) is 16.5 Å². The molecule has 0 aliphatic rings. The number of carbonyl (C=O) groups excluding carboxylic acids is 2. The minimum Gasteiger partial charge on any atom is -0.468 e. The van der Waals surface area contributed by atoms with E-state index in [1.807, 2.05) is 0 Å². The fraction of sp³-hybridized carbons (Fsp3) is 0.385. The molecule has 0 spiro atoms. The number of benzene rings is 1. The minimum absolute atomic E-state index is 0.0716. The summed E-state index contributed by atoms with van der Waals surface area (Å²) in [6.45, 7) is 1.48. The van der Waals surface area contributed by atoms with Gasteiger partial charge in [0, 0.05) is 5.02 Å². The van der Waals surface area contributed by atoms with E-state index in [4.69, 9.17) is 11.6 Å². The number of hydrogen-bond donors (Lipinski definition) is 1. The Bertz CT molecular complexity index is 566. The number of anilines is 1. The van der Waals surface area contributed by atoms with Crippen LogP contribution in [-0.4, -0.2) is 30.0 Å². The number of hydrogen-bond acceptors (Lipinski definition) is 4. The van der Waals surface area contributed by atoms with Crippen LogP contribution in [0.25, 0.3) is 0 Å². The molecule has 0 aliphatic carbocycles. The van der Waals surface area contributed by atoms with Gasteiger partial charge in [-0.25, -0.2) is 0 Å². The van der Waals surface area contributed by atoms with E-state index in [1.54, 1.807) is 0 Å². The number of esters is 1. The first-order valence-electron chi connectivity index (χ1n) is 6.01. The molecule has 1 N–H and O–H groups in total. The Labute approximate surface area is 134 Å². The monoisotopic (exact) mass is 355 g/mol. The number of nitrogens with one attached hydrogen (secondary N) is 1. The molecule has 1 aromatic carbocycles. The lowest BCUT2D eigenvalue weighted by Gasteiger charge is -2.16. The number of ether oxygens (including phenoxy) is 1. The summed E-state index contributed by atoms with van der Waals surface area (Å²) in [7, 11) is 1.21. The third-order valence-electron chi connectivity index (χ3n) is 2.59. The molecule has 0 heterocycles. The van der Waals surface area contributed by atoms with Crippen LogP contribution in [0, 0.1) is 0 Å². The van der Waals surface area contributed by atoms with Gasteiger partial charge in [-0.1, -0.05) is 11.6 Å². The van der Waals surface area contributed by atoms with Crippen LogP contribution >= 0.6 is 23.4 Å². The summed E-state index contributed by atoms with van der Waals surface area (Å²) in [5, 5.41) is 1.38. The van der Waals surface area contributed by atoms with Crippen molar-refractivity contribution in [2.24, 2.45) is 0 Å². The predicted octanol–water partition coefficient (Wildman–Crippen LogP) is 3.59. The van der Waals surface area contributed by atoms with Crippen molar-refractivity contribution in [1.29, 1.82) is 0 Å². The summed E-state index contributed by atoms with van der Waals surface area (Å²) < 4.78 is 43.1. The molecule has 122 valence electrons. The Morgan fingerprint density at radius 1 is 1.41 bits per heavy atom. The molecule has 22 heavy (non-hydrogen) atoms. The molecular formula is C13H13ClF3NO3S. The zero-order chi connectivity index (χ0) is 16.9. The van der Waals surface area contributed by atoms with E-state index in [9.17, 15) is 22.8 Å². The second-order valence-corrected chi connectivity index (χ2v) is 5.97. The van der Waals surface area contributed by atoms with Crippen molar-refractivity contribution in [2.75, 3.05) is 18.2 Å². The summed E-state index contributed by atoms with van der Waals surface area (Å²) >= 11 is 6.51. The SMILES string of the molecule is COC(=O)CSC(C)C(=O)Nc1ccc(Cl)cc1C(F)(F)F. The van der Waals surface area contributed by atoms with E-state index >= 15 is 0 Å². The number of alkyl halides is 3. The molecule has 4 nitrogen and oxygen atoms in total. The maximum absolute atomic E-state index is 12.9. The molecule has 0 saturated carbocycles. The quantitative estimate of drug-likeness (QED) is 0.820. The molecule has 0 fully saturated rings. The van der Waals surface area contributed by atoms with Crippen LogP contribution < -0.4 is 5.32 Å². The highest BCUT2D eigenvalue weighted by atomic mass is 35.5. The maximum atomic E-state index is 12.9. The van der Waals surface area contributed by atoms with Crippen LogP contribution in [-0.2, 0) is 20.5 Å². The van der Waals surface area contributed by atoms with Gasteiger partial charge in [0.2, 0.25) is 5.91 Å². The Morgan fingerprint density at radius 2 is 2.05 bits per heavy atom. The van der Waals surface area contributed by atoms with E-state index in [1.165, 1.54) is 20.1 Å². The van der Waals surface area contributed by atoms with Crippen molar-refractivity contribution in [3.8, 4) is 0 Å². The topological polar surface area (TPSA) is 55.4 Å². The highest BCUT2D eigenvalue weighted by Crippen LogP contribution is 2.36. The van der Waals surface area contributed by atoms with Crippen molar-refractivity contribution in [2.45, 2.75) is 18.3 Å². The Kier molecular flexibility index (Phi) is 6.55. The number of halogens is 4.